The van der Waals surface area contributed by atoms with Crippen molar-refractivity contribution in [1.29, 1.82) is 0 Å². The molecule has 0 saturated heterocycles. The van der Waals surface area contributed by atoms with E-state index in [2.05, 4.69) is 44.3 Å². The van der Waals surface area contributed by atoms with Gasteiger partial charge in [-0.05, 0) is 0 Å². The maximum Gasteiger partial charge on any atom is 0.229 e. The maximum atomic E-state index is 4.49. The third-order valence-corrected chi connectivity index (χ3v) is 4.41. The molecule has 0 bridgehead atoms. The van der Waals surface area contributed by atoms with E-state index in [-0.39, 0.29) is 5.92 Å². The van der Waals surface area contributed by atoms with Crippen molar-refractivity contribution in [3.63, 3.8) is 0 Å². The fourth-order valence-corrected chi connectivity index (χ4v) is 2.88. The van der Waals surface area contributed by atoms with Gasteiger partial charge in [-0.3, -0.25) is 0 Å². The van der Waals surface area contributed by atoms with E-state index < -0.39 is 0 Å². The molecule has 3 aromatic rings. The van der Waals surface area contributed by atoms with Gasteiger partial charge in [-0.25, -0.2) is 0 Å². The van der Waals surface area contributed by atoms with Crippen LogP contribution in [0.25, 0.3) is 10.6 Å². The second-order valence-electron chi connectivity index (χ2n) is 6.09. The van der Waals surface area contributed by atoms with Crippen molar-refractivity contribution in [2.24, 2.45) is 0 Å². The number of nitrogens with one attached hydrogen (secondary N) is 1. The number of anilines is 2. The molecule has 0 atom stereocenters. The monoisotopic (exact) mass is 355 g/mol. The highest BCUT2D eigenvalue weighted by Crippen LogP contribution is 2.23. The summed E-state index contributed by atoms with van der Waals surface area (Å²) in [5, 5.41) is 13.5. The standard InChI is InChI=1S/C17H21N7S/c1-11(2)14-19-16(21-17(20-14)24(3)4)18-10-13-22-23-15(25-13)12-8-6-5-7-9-12/h5-9,11H,10H2,1-4H3,(H,18,19,20,21). The van der Waals surface area contributed by atoms with E-state index in [1.54, 1.807) is 11.3 Å². The number of nitrogens with zero attached hydrogens (tertiary/aromatic N) is 6. The third-order valence-electron chi connectivity index (χ3n) is 3.44. The SMILES string of the molecule is CC(C)c1nc(NCc2nnc(-c3ccccc3)s2)nc(N(C)C)n1. The molecule has 0 aliphatic heterocycles. The minimum Gasteiger partial charge on any atom is -0.347 e. The minimum atomic E-state index is 0.230. The van der Waals surface area contributed by atoms with Gasteiger partial charge in [-0.2, -0.15) is 15.0 Å². The van der Waals surface area contributed by atoms with E-state index in [0.29, 0.717) is 18.4 Å². The molecule has 0 amide bonds. The molecule has 3 rings (SSSR count). The Labute approximate surface area is 151 Å². The highest BCUT2D eigenvalue weighted by Gasteiger charge is 2.12. The summed E-state index contributed by atoms with van der Waals surface area (Å²) in [5.74, 6) is 2.19. The summed E-state index contributed by atoms with van der Waals surface area (Å²) in [6.45, 7) is 4.66. The van der Waals surface area contributed by atoms with Crippen molar-refractivity contribution >= 4 is 23.2 Å². The summed E-state index contributed by atoms with van der Waals surface area (Å²) in [4.78, 5) is 15.3. The highest BCUT2D eigenvalue weighted by atomic mass is 32.1. The predicted molar refractivity (Wildman–Crippen MR) is 101 cm³/mol. The summed E-state index contributed by atoms with van der Waals surface area (Å²) in [6.07, 6.45) is 0. The lowest BCUT2D eigenvalue weighted by Crippen LogP contribution is -2.17. The molecule has 0 radical (unpaired) electrons. The molecular weight excluding hydrogens is 334 g/mol. The zero-order chi connectivity index (χ0) is 17.8. The van der Waals surface area contributed by atoms with Crippen LogP contribution in [0.3, 0.4) is 0 Å². The largest absolute Gasteiger partial charge is 0.347 e. The summed E-state index contributed by atoms with van der Waals surface area (Å²) in [6, 6.07) is 10.0. The van der Waals surface area contributed by atoms with Gasteiger partial charge in [0, 0.05) is 25.6 Å². The van der Waals surface area contributed by atoms with Crippen LogP contribution < -0.4 is 10.2 Å². The Hall–Kier alpha value is -2.61. The van der Waals surface area contributed by atoms with Crippen molar-refractivity contribution in [2.45, 2.75) is 26.3 Å². The molecule has 1 N–H and O–H groups in total. The Morgan fingerprint density at radius 1 is 1.04 bits per heavy atom. The molecule has 7 nitrogen and oxygen atoms in total. The number of benzene rings is 1. The van der Waals surface area contributed by atoms with E-state index in [1.165, 1.54) is 0 Å². The molecule has 2 aromatic heterocycles. The van der Waals surface area contributed by atoms with E-state index in [0.717, 1.165) is 21.4 Å². The van der Waals surface area contributed by atoms with Gasteiger partial charge in [0.2, 0.25) is 11.9 Å². The van der Waals surface area contributed by atoms with Gasteiger partial charge >= 0.3 is 0 Å². The topological polar surface area (TPSA) is 79.7 Å². The summed E-state index contributed by atoms with van der Waals surface area (Å²) >= 11 is 1.56. The van der Waals surface area contributed by atoms with Crippen LogP contribution in [0, 0.1) is 0 Å². The lowest BCUT2D eigenvalue weighted by molar-refractivity contribution is 0.754. The van der Waals surface area contributed by atoms with Crippen molar-refractivity contribution in [2.75, 3.05) is 24.3 Å². The van der Waals surface area contributed by atoms with Gasteiger partial charge in [0.05, 0.1) is 6.54 Å². The first-order chi connectivity index (χ1) is 12.0. The first-order valence-corrected chi connectivity index (χ1v) is 8.89. The van der Waals surface area contributed by atoms with Gasteiger partial charge in [0.25, 0.3) is 0 Å². The number of hydrogen-bond acceptors (Lipinski definition) is 8. The smallest absolute Gasteiger partial charge is 0.229 e. The molecule has 130 valence electrons. The average molecular weight is 355 g/mol. The number of rotatable bonds is 6. The highest BCUT2D eigenvalue weighted by molar-refractivity contribution is 7.14. The molecular formula is C17H21N7S. The first-order valence-electron chi connectivity index (χ1n) is 8.08. The summed E-state index contributed by atoms with van der Waals surface area (Å²) in [5.41, 5.74) is 1.07. The lowest BCUT2D eigenvalue weighted by atomic mass is 10.2. The molecule has 1 aromatic carbocycles. The predicted octanol–water partition coefficient (Wildman–Crippen LogP) is 3.19. The second-order valence-corrected chi connectivity index (χ2v) is 7.15. The average Bonchev–Trinajstić information content (AvgIpc) is 3.09. The number of aromatic nitrogens is 5. The Morgan fingerprint density at radius 2 is 1.80 bits per heavy atom. The van der Waals surface area contributed by atoms with E-state index in [1.807, 2.05) is 49.3 Å². The fraction of sp³-hybridized carbons (Fsp3) is 0.353. The third kappa shape index (κ3) is 4.27. The zero-order valence-corrected chi connectivity index (χ0v) is 15.6. The van der Waals surface area contributed by atoms with Crippen molar-refractivity contribution in [1.82, 2.24) is 25.1 Å². The van der Waals surface area contributed by atoms with Gasteiger partial charge in [-0.15, -0.1) is 10.2 Å². The van der Waals surface area contributed by atoms with Crippen LogP contribution in [0.5, 0.6) is 0 Å². The van der Waals surface area contributed by atoms with Gasteiger partial charge in [0.1, 0.15) is 15.8 Å². The molecule has 0 fully saturated rings. The van der Waals surface area contributed by atoms with Crippen molar-refractivity contribution < 1.29 is 0 Å². The van der Waals surface area contributed by atoms with Crippen LogP contribution in [-0.2, 0) is 6.54 Å². The Morgan fingerprint density at radius 3 is 2.48 bits per heavy atom. The first kappa shape index (κ1) is 17.2. The second kappa shape index (κ2) is 7.52. The summed E-state index contributed by atoms with van der Waals surface area (Å²) in [7, 11) is 3.83. The molecule has 0 aliphatic rings. The fourth-order valence-electron chi connectivity index (χ4n) is 2.10. The van der Waals surface area contributed by atoms with E-state index in [4.69, 9.17) is 0 Å². The Kier molecular flexibility index (Phi) is 5.18. The van der Waals surface area contributed by atoms with Crippen LogP contribution >= 0.6 is 11.3 Å². The van der Waals surface area contributed by atoms with Crippen molar-refractivity contribution in [3.05, 3.63) is 41.2 Å². The van der Waals surface area contributed by atoms with Crippen molar-refractivity contribution in [3.8, 4) is 10.6 Å². The van der Waals surface area contributed by atoms with E-state index >= 15 is 0 Å². The molecule has 8 heteroatoms. The minimum absolute atomic E-state index is 0.230. The van der Waals surface area contributed by atoms with Gasteiger partial charge in [-0.1, -0.05) is 55.5 Å². The lowest BCUT2D eigenvalue weighted by Gasteiger charge is -2.14. The normalized spacial score (nSPS) is 10.9. The van der Waals surface area contributed by atoms with Crippen LogP contribution in [0.2, 0.25) is 0 Å². The van der Waals surface area contributed by atoms with Crippen LogP contribution in [0.15, 0.2) is 30.3 Å². The summed E-state index contributed by atoms with van der Waals surface area (Å²) < 4.78 is 0. The van der Waals surface area contributed by atoms with E-state index in [9.17, 15) is 0 Å². The quantitative estimate of drug-likeness (QED) is 0.727. The molecule has 25 heavy (non-hydrogen) atoms. The Balaban J connectivity index is 1.74. The van der Waals surface area contributed by atoms with Gasteiger partial charge in [0.15, 0.2) is 0 Å². The molecule has 0 unspecified atom stereocenters. The number of hydrogen-bond donors (Lipinski definition) is 1. The molecule has 0 aliphatic carbocycles. The van der Waals surface area contributed by atoms with Crippen LogP contribution in [0.4, 0.5) is 11.9 Å². The molecule has 2 heterocycles. The molecule has 0 spiro atoms. The Bertz CT molecular complexity index is 804. The van der Waals surface area contributed by atoms with Crippen LogP contribution in [0.1, 0.15) is 30.6 Å². The zero-order valence-electron chi connectivity index (χ0n) is 14.8. The van der Waals surface area contributed by atoms with Gasteiger partial charge < -0.3 is 10.2 Å². The molecule has 0 saturated carbocycles. The maximum absolute atomic E-state index is 4.49. The van der Waals surface area contributed by atoms with Crippen LogP contribution in [-0.4, -0.2) is 39.2 Å².